The number of hydrogen-bond donors (Lipinski definition) is 3. The van der Waals surface area contributed by atoms with Gasteiger partial charge in [0.15, 0.2) is 5.84 Å². The number of nitrogens with zero attached hydrogens (tertiary/aromatic N) is 1. The summed E-state index contributed by atoms with van der Waals surface area (Å²) in [6, 6.07) is 4.07. The molecule has 0 spiro atoms. The topological polar surface area (TPSA) is 87.7 Å². The molecule has 1 aliphatic carbocycles. The van der Waals surface area contributed by atoms with Crippen molar-refractivity contribution in [3.8, 4) is 0 Å². The minimum Gasteiger partial charge on any atom is -0.409 e. The zero-order chi connectivity index (χ0) is 15.5. The van der Waals surface area contributed by atoms with Gasteiger partial charge in [-0.25, -0.2) is 4.39 Å². The molecule has 0 aromatic heterocycles. The normalized spacial score (nSPS) is 18.3. The number of hydrogen-bond acceptors (Lipinski definition) is 3. The Hall–Kier alpha value is -2.11. The zero-order valence-electron chi connectivity index (χ0n) is 12.0. The van der Waals surface area contributed by atoms with Gasteiger partial charge in [0.05, 0.1) is 0 Å². The quantitative estimate of drug-likeness (QED) is 0.346. The average Bonchev–Trinajstić information content (AvgIpc) is 2.49. The lowest BCUT2D eigenvalue weighted by Gasteiger charge is -2.36. The number of halogens is 1. The molecule has 114 valence electrons. The zero-order valence-corrected chi connectivity index (χ0v) is 12.0. The smallest absolute Gasteiger partial charge is 0.252 e. The molecule has 4 N–H and O–H groups in total. The van der Waals surface area contributed by atoms with Crippen LogP contribution >= 0.6 is 0 Å². The molecular formula is C15H20FN3O2. The van der Waals surface area contributed by atoms with E-state index in [4.69, 9.17) is 10.9 Å². The highest BCUT2D eigenvalue weighted by molar-refractivity contribution is 6.01. The van der Waals surface area contributed by atoms with Crippen LogP contribution in [0.5, 0.6) is 0 Å². The van der Waals surface area contributed by atoms with Gasteiger partial charge in [-0.3, -0.25) is 4.79 Å². The van der Waals surface area contributed by atoms with Gasteiger partial charge in [-0.1, -0.05) is 30.5 Å². The second-order valence-corrected chi connectivity index (χ2v) is 5.54. The van der Waals surface area contributed by atoms with Crippen molar-refractivity contribution in [1.82, 2.24) is 5.32 Å². The maximum absolute atomic E-state index is 13.3. The molecule has 21 heavy (non-hydrogen) atoms. The molecule has 0 heterocycles. The van der Waals surface area contributed by atoms with Crippen LogP contribution in [0.1, 0.15) is 48.0 Å². The van der Waals surface area contributed by atoms with Crippen molar-refractivity contribution in [2.75, 3.05) is 0 Å². The van der Waals surface area contributed by atoms with Crippen LogP contribution in [-0.4, -0.2) is 22.5 Å². The van der Waals surface area contributed by atoms with Gasteiger partial charge in [-0.05, 0) is 37.5 Å². The van der Waals surface area contributed by atoms with E-state index in [1.54, 1.807) is 13.0 Å². The van der Waals surface area contributed by atoms with Crippen LogP contribution in [-0.2, 0) is 0 Å². The standard InChI is InChI=1S/C15H20FN3O2/c1-10-5-6-11(16)9-12(10)13(20)18-15(14(17)19-21)7-3-2-4-8-15/h5-6,9,21H,2-4,7-8H2,1H3,(H2,17,19)(H,18,20). The number of carbonyl (C=O) groups excluding carboxylic acids is 1. The van der Waals surface area contributed by atoms with Crippen LogP contribution in [0.25, 0.3) is 0 Å². The average molecular weight is 293 g/mol. The number of amidine groups is 1. The molecule has 1 amide bonds. The van der Waals surface area contributed by atoms with E-state index < -0.39 is 17.3 Å². The second kappa shape index (κ2) is 6.11. The van der Waals surface area contributed by atoms with Crippen LogP contribution in [0.15, 0.2) is 23.4 Å². The molecule has 0 saturated heterocycles. The first-order valence-electron chi connectivity index (χ1n) is 7.05. The molecule has 0 unspecified atom stereocenters. The predicted molar refractivity (Wildman–Crippen MR) is 77.8 cm³/mol. The minimum atomic E-state index is -0.844. The summed E-state index contributed by atoms with van der Waals surface area (Å²) < 4.78 is 13.3. The highest BCUT2D eigenvalue weighted by Gasteiger charge is 2.38. The molecule has 5 nitrogen and oxygen atoms in total. The van der Waals surface area contributed by atoms with Gasteiger partial charge in [-0.2, -0.15) is 0 Å². The van der Waals surface area contributed by atoms with Crippen molar-refractivity contribution in [1.29, 1.82) is 0 Å². The molecule has 1 aromatic rings. The van der Waals surface area contributed by atoms with E-state index in [1.807, 2.05) is 0 Å². The third-order valence-corrected chi connectivity index (χ3v) is 4.10. The summed E-state index contributed by atoms with van der Waals surface area (Å²) >= 11 is 0. The Labute approximate surface area is 123 Å². The maximum atomic E-state index is 13.3. The first-order valence-corrected chi connectivity index (χ1v) is 7.05. The Morgan fingerprint density at radius 2 is 2.05 bits per heavy atom. The summed E-state index contributed by atoms with van der Waals surface area (Å²) in [6.07, 6.45) is 4.05. The van der Waals surface area contributed by atoms with Crippen molar-refractivity contribution in [2.24, 2.45) is 10.9 Å². The summed E-state index contributed by atoms with van der Waals surface area (Å²) in [5.41, 5.74) is 5.89. The third kappa shape index (κ3) is 3.15. The fraction of sp³-hybridized carbons (Fsp3) is 0.467. The van der Waals surface area contributed by atoms with Crippen LogP contribution in [0.4, 0.5) is 4.39 Å². The molecule has 0 bridgehead atoms. The van der Waals surface area contributed by atoms with Gasteiger partial charge >= 0.3 is 0 Å². The molecule has 0 radical (unpaired) electrons. The molecule has 1 saturated carbocycles. The Morgan fingerprint density at radius 1 is 1.38 bits per heavy atom. The Morgan fingerprint density at radius 3 is 2.67 bits per heavy atom. The second-order valence-electron chi connectivity index (χ2n) is 5.54. The van der Waals surface area contributed by atoms with Crippen LogP contribution in [0, 0.1) is 12.7 Å². The number of benzene rings is 1. The van der Waals surface area contributed by atoms with E-state index in [-0.39, 0.29) is 11.4 Å². The van der Waals surface area contributed by atoms with Gasteiger partial charge in [0.1, 0.15) is 11.4 Å². The molecule has 1 fully saturated rings. The van der Waals surface area contributed by atoms with E-state index in [0.29, 0.717) is 18.4 Å². The maximum Gasteiger partial charge on any atom is 0.252 e. The van der Waals surface area contributed by atoms with Gasteiger partial charge in [-0.15, -0.1) is 0 Å². The number of oxime groups is 1. The van der Waals surface area contributed by atoms with E-state index in [2.05, 4.69) is 10.5 Å². The predicted octanol–water partition coefficient (Wildman–Crippen LogP) is 2.31. The number of aryl methyl sites for hydroxylation is 1. The Bertz CT molecular complexity index is 566. The number of amides is 1. The number of nitrogens with one attached hydrogen (secondary N) is 1. The highest BCUT2D eigenvalue weighted by atomic mass is 19.1. The molecule has 0 atom stereocenters. The highest BCUT2D eigenvalue weighted by Crippen LogP contribution is 2.29. The van der Waals surface area contributed by atoms with Crippen molar-refractivity contribution >= 4 is 11.7 Å². The van der Waals surface area contributed by atoms with Crippen molar-refractivity contribution in [3.05, 3.63) is 35.1 Å². The summed E-state index contributed by atoms with van der Waals surface area (Å²) in [4.78, 5) is 12.4. The Kier molecular flexibility index (Phi) is 4.45. The van der Waals surface area contributed by atoms with E-state index in [0.717, 1.165) is 19.3 Å². The lowest BCUT2D eigenvalue weighted by molar-refractivity contribution is 0.0904. The SMILES string of the molecule is Cc1ccc(F)cc1C(=O)NC1(C(N)=NO)CCCCC1. The fourth-order valence-corrected chi connectivity index (χ4v) is 2.82. The monoisotopic (exact) mass is 293 g/mol. The van der Waals surface area contributed by atoms with E-state index in [1.165, 1.54) is 12.1 Å². The van der Waals surface area contributed by atoms with E-state index in [9.17, 15) is 9.18 Å². The number of carbonyl (C=O) groups is 1. The van der Waals surface area contributed by atoms with Crippen LogP contribution < -0.4 is 11.1 Å². The number of nitrogens with two attached hydrogens (primary N) is 1. The van der Waals surface area contributed by atoms with Crippen LogP contribution in [0.3, 0.4) is 0 Å². The molecule has 0 aliphatic heterocycles. The van der Waals surface area contributed by atoms with Crippen molar-refractivity contribution in [2.45, 2.75) is 44.6 Å². The first kappa shape index (κ1) is 15.3. The Balaban J connectivity index is 2.28. The van der Waals surface area contributed by atoms with Gasteiger partial charge in [0.25, 0.3) is 5.91 Å². The fourth-order valence-electron chi connectivity index (χ4n) is 2.82. The molecular weight excluding hydrogens is 273 g/mol. The molecule has 1 aliphatic rings. The lowest BCUT2D eigenvalue weighted by atomic mass is 9.80. The van der Waals surface area contributed by atoms with Crippen molar-refractivity contribution < 1.29 is 14.4 Å². The summed E-state index contributed by atoms with van der Waals surface area (Å²) in [7, 11) is 0. The third-order valence-electron chi connectivity index (χ3n) is 4.10. The van der Waals surface area contributed by atoms with Gasteiger partial charge < -0.3 is 16.3 Å². The summed E-state index contributed by atoms with van der Waals surface area (Å²) in [6.45, 7) is 1.74. The van der Waals surface area contributed by atoms with Crippen LogP contribution in [0.2, 0.25) is 0 Å². The molecule has 6 heteroatoms. The van der Waals surface area contributed by atoms with Crippen molar-refractivity contribution in [3.63, 3.8) is 0 Å². The first-order chi connectivity index (χ1) is 9.98. The largest absolute Gasteiger partial charge is 0.409 e. The molecule has 1 aromatic carbocycles. The molecule has 2 rings (SSSR count). The summed E-state index contributed by atoms with van der Waals surface area (Å²) in [5.74, 6) is -0.864. The summed E-state index contributed by atoms with van der Waals surface area (Å²) in [5, 5.41) is 14.9. The number of rotatable bonds is 3. The van der Waals surface area contributed by atoms with E-state index >= 15 is 0 Å². The van der Waals surface area contributed by atoms with Gasteiger partial charge in [0, 0.05) is 5.56 Å². The van der Waals surface area contributed by atoms with Gasteiger partial charge in [0.2, 0.25) is 0 Å². The minimum absolute atomic E-state index is 0.00426. The lowest BCUT2D eigenvalue weighted by Crippen LogP contribution is -2.58.